The molecule has 0 fully saturated rings. The fourth-order valence-electron chi connectivity index (χ4n) is 2.08. The number of nitrogens with zero attached hydrogens (tertiary/aromatic N) is 3. The Morgan fingerprint density at radius 1 is 1.48 bits per heavy atom. The fourth-order valence-corrected chi connectivity index (χ4v) is 2.08. The smallest absolute Gasteiger partial charge is 0.220 e. The molecule has 0 unspecified atom stereocenters. The van der Waals surface area contributed by atoms with E-state index in [-0.39, 0.29) is 11.9 Å². The molecule has 2 rings (SSSR count). The van der Waals surface area contributed by atoms with Crippen LogP contribution in [0.25, 0.3) is 0 Å². The topological polar surface area (TPSA) is 69.0 Å². The van der Waals surface area contributed by atoms with Crippen LogP contribution in [0.5, 0.6) is 0 Å². The minimum absolute atomic E-state index is 0.0217. The Labute approximate surface area is 124 Å². The van der Waals surface area contributed by atoms with Gasteiger partial charge in [-0.05, 0) is 24.1 Å². The van der Waals surface area contributed by atoms with Gasteiger partial charge in [0, 0.05) is 33.0 Å². The van der Waals surface area contributed by atoms with Crippen molar-refractivity contribution in [2.24, 2.45) is 7.05 Å². The third-order valence-corrected chi connectivity index (χ3v) is 3.11. The first-order valence-corrected chi connectivity index (χ1v) is 6.86. The molecule has 6 heteroatoms. The molecule has 2 aromatic heterocycles. The maximum atomic E-state index is 12.1. The Balaban J connectivity index is 1.89. The molecular formula is C15H20N4O2. The number of pyridine rings is 1. The van der Waals surface area contributed by atoms with Crippen LogP contribution < -0.4 is 5.32 Å². The zero-order chi connectivity index (χ0) is 15.1. The number of methoxy groups -OCH3 is 1. The van der Waals surface area contributed by atoms with Crippen molar-refractivity contribution in [2.45, 2.75) is 18.9 Å². The van der Waals surface area contributed by atoms with Gasteiger partial charge in [-0.15, -0.1) is 0 Å². The highest BCUT2D eigenvalue weighted by molar-refractivity contribution is 5.76. The fraction of sp³-hybridized carbons (Fsp3) is 0.400. The minimum atomic E-state index is -0.224. The zero-order valence-electron chi connectivity index (χ0n) is 12.3. The summed E-state index contributed by atoms with van der Waals surface area (Å²) in [7, 11) is 3.47. The summed E-state index contributed by atoms with van der Waals surface area (Å²) in [6, 6.07) is 5.40. The molecule has 0 aliphatic rings. The Hall–Kier alpha value is -2.21. The number of amides is 1. The van der Waals surface area contributed by atoms with Gasteiger partial charge in [0.2, 0.25) is 5.91 Å². The largest absolute Gasteiger partial charge is 0.382 e. The van der Waals surface area contributed by atoms with Gasteiger partial charge in [0.15, 0.2) is 0 Å². The highest BCUT2D eigenvalue weighted by atomic mass is 16.5. The van der Waals surface area contributed by atoms with Crippen molar-refractivity contribution in [1.29, 1.82) is 0 Å². The van der Waals surface area contributed by atoms with Crippen molar-refractivity contribution in [3.05, 3.63) is 48.0 Å². The van der Waals surface area contributed by atoms with E-state index in [9.17, 15) is 4.79 Å². The maximum Gasteiger partial charge on any atom is 0.220 e. The summed E-state index contributed by atoms with van der Waals surface area (Å²) in [5, 5.41) is 7.05. The third-order valence-electron chi connectivity index (χ3n) is 3.11. The molecule has 112 valence electrons. The van der Waals surface area contributed by atoms with Crippen molar-refractivity contribution < 1.29 is 9.53 Å². The van der Waals surface area contributed by atoms with Gasteiger partial charge in [0.1, 0.15) is 0 Å². The second-order valence-corrected chi connectivity index (χ2v) is 4.85. The van der Waals surface area contributed by atoms with Gasteiger partial charge in [-0.25, -0.2) is 0 Å². The van der Waals surface area contributed by atoms with Crippen LogP contribution in [0.15, 0.2) is 36.8 Å². The molecule has 1 atom stereocenters. The standard InChI is InChI=1S/C15H20N4O2/c1-19-10-12(9-17-19)6-7-15(20)18-14(11-21-2)13-5-3-4-8-16-13/h3-5,8-10,14H,6-7,11H2,1-2H3,(H,18,20)/t14-/m1/s1. The lowest BCUT2D eigenvalue weighted by Crippen LogP contribution is -2.32. The van der Waals surface area contributed by atoms with Crippen LogP contribution in [0.4, 0.5) is 0 Å². The van der Waals surface area contributed by atoms with Crippen molar-refractivity contribution in [1.82, 2.24) is 20.1 Å². The number of hydrogen-bond acceptors (Lipinski definition) is 4. The molecule has 2 heterocycles. The maximum absolute atomic E-state index is 12.1. The van der Waals surface area contributed by atoms with Crippen molar-refractivity contribution in [2.75, 3.05) is 13.7 Å². The number of hydrogen-bond donors (Lipinski definition) is 1. The van der Waals surface area contributed by atoms with E-state index in [2.05, 4.69) is 15.4 Å². The number of carbonyl (C=O) groups is 1. The molecule has 1 N–H and O–H groups in total. The zero-order valence-corrected chi connectivity index (χ0v) is 12.3. The summed E-state index contributed by atoms with van der Waals surface area (Å²) in [4.78, 5) is 16.3. The quantitative estimate of drug-likeness (QED) is 0.832. The third kappa shape index (κ3) is 4.68. The van der Waals surface area contributed by atoms with Crippen LogP contribution in [0.1, 0.15) is 23.7 Å². The molecule has 0 aromatic carbocycles. The Bertz CT molecular complexity index is 568. The minimum Gasteiger partial charge on any atom is -0.382 e. The summed E-state index contributed by atoms with van der Waals surface area (Å²) in [6.07, 6.45) is 6.48. The number of aryl methyl sites for hydroxylation is 2. The second-order valence-electron chi connectivity index (χ2n) is 4.85. The Morgan fingerprint density at radius 2 is 2.33 bits per heavy atom. The lowest BCUT2D eigenvalue weighted by molar-refractivity contribution is -0.122. The lowest BCUT2D eigenvalue weighted by atomic mass is 10.1. The van der Waals surface area contributed by atoms with Crippen LogP contribution in [0.2, 0.25) is 0 Å². The molecule has 0 aliphatic carbocycles. The molecule has 0 saturated heterocycles. The number of carbonyl (C=O) groups excluding carboxylic acids is 1. The van der Waals surface area contributed by atoms with E-state index in [0.29, 0.717) is 19.4 Å². The molecule has 1 amide bonds. The predicted molar refractivity (Wildman–Crippen MR) is 78.5 cm³/mol. The lowest BCUT2D eigenvalue weighted by Gasteiger charge is -2.17. The average molecular weight is 288 g/mol. The number of rotatable bonds is 7. The monoisotopic (exact) mass is 288 g/mol. The van der Waals surface area contributed by atoms with Gasteiger partial charge < -0.3 is 10.1 Å². The van der Waals surface area contributed by atoms with E-state index in [1.54, 1.807) is 24.2 Å². The molecule has 0 radical (unpaired) electrons. The number of aromatic nitrogens is 3. The Kier molecular flexibility index (Phi) is 5.45. The highest BCUT2D eigenvalue weighted by Gasteiger charge is 2.15. The number of ether oxygens (including phenoxy) is 1. The first-order chi connectivity index (χ1) is 10.2. The summed E-state index contributed by atoms with van der Waals surface area (Å²) in [6.45, 7) is 0.398. The first kappa shape index (κ1) is 15.2. The van der Waals surface area contributed by atoms with E-state index in [4.69, 9.17) is 4.74 Å². The molecule has 6 nitrogen and oxygen atoms in total. The molecule has 2 aromatic rings. The van der Waals surface area contributed by atoms with Gasteiger partial charge >= 0.3 is 0 Å². The summed E-state index contributed by atoms with van der Waals surface area (Å²) in [5.74, 6) is -0.0217. The van der Waals surface area contributed by atoms with Crippen LogP contribution in [-0.2, 0) is 23.0 Å². The van der Waals surface area contributed by atoms with Gasteiger partial charge in [0.25, 0.3) is 0 Å². The highest BCUT2D eigenvalue weighted by Crippen LogP contribution is 2.10. The van der Waals surface area contributed by atoms with Crippen LogP contribution >= 0.6 is 0 Å². The summed E-state index contributed by atoms with van der Waals surface area (Å²) < 4.78 is 6.89. The number of nitrogens with one attached hydrogen (secondary N) is 1. The van der Waals surface area contributed by atoms with E-state index in [1.165, 1.54) is 0 Å². The SMILES string of the molecule is COC[C@@H](NC(=O)CCc1cnn(C)c1)c1ccccn1. The first-order valence-electron chi connectivity index (χ1n) is 6.86. The molecular weight excluding hydrogens is 268 g/mol. The van der Waals surface area contributed by atoms with Crippen LogP contribution in [0.3, 0.4) is 0 Å². The van der Waals surface area contributed by atoms with Crippen LogP contribution in [0, 0.1) is 0 Å². The van der Waals surface area contributed by atoms with E-state index < -0.39 is 0 Å². The predicted octanol–water partition coefficient (Wildman–Crippen LogP) is 1.25. The van der Waals surface area contributed by atoms with Crippen molar-refractivity contribution in [3.63, 3.8) is 0 Å². The average Bonchev–Trinajstić information content (AvgIpc) is 2.91. The second kappa shape index (κ2) is 7.54. The van der Waals surface area contributed by atoms with Gasteiger partial charge in [-0.2, -0.15) is 5.10 Å². The van der Waals surface area contributed by atoms with E-state index in [0.717, 1.165) is 11.3 Å². The molecule has 0 aliphatic heterocycles. The van der Waals surface area contributed by atoms with Gasteiger partial charge in [-0.1, -0.05) is 6.07 Å². The van der Waals surface area contributed by atoms with Crippen molar-refractivity contribution >= 4 is 5.91 Å². The van der Waals surface area contributed by atoms with Crippen molar-refractivity contribution in [3.8, 4) is 0 Å². The van der Waals surface area contributed by atoms with Gasteiger partial charge in [0.05, 0.1) is 24.5 Å². The summed E-state index contributed by atoms with van der Waals surface area (Å²) in [5.41, 5.74) is 1.85. The van der Waals surface area contributed by atoms with Gasteiger partial charge in [-0.3, -0.25) is 14.5 Å². The summed E-state index contributed by atoms with van der Waals surface area (Å²) >= 11 is 0. The molecule has 0 bridgehead atoms. The Morgan fingerprint density at radius 3 is 2.95 bits per heavy atom. The molecule has 21 heavy (non-hydrogen) atoms. The van der Waals surface area contributed by atoms with E-state index in [1.807, 2.05) is 31.4 Å². The van der Waals surface area contributed by atoms with Crippen LogP contribution in [-0.4, -0.2) is 34.4 Å². The normalized spacial score (nSPS) is 12.1. The van der Waals surface area contributed by atoms with E-state index >= 15 is 0 Å². The molecule has 0 saturated carbocycles. The molecule has 0 spiro atoms.